The summed E-state index contributed by atoms with van der Waals surface area (Å²) in [6, 6.07) is 23.4. The van der Waals surface area contributed by atoms with Crippen molar-refractivity contribution >= 4 is 33.0 Å². The lowest BCUT2D eigenvalue weighted by Crippen LogP contribution is -2.08. The van der Waals surface area contributed by atoms with Gasteiger partial charge in [0.15, 0.2) is 0 Å². The van der Waals surface area contributed by atoms with Crippen LogP contribution < -0.4 is 0 Å². The van der Waals surface area contributed by atoms with Crippen LogP contribution in [0.15, 0.2) is 83.5 Å². The van der Waals surface area contributed by atoms with Crippen LogP contribution in [0.4, 0.5) is 0 Å². The Bertz CT molecular complexity index is 1640. The number of rotatable bonds is 4. The van der Waals surface area contributed by atoms with E-state index in [1.54, 1.807) is 6.20 Å². The second kappa shape index (κ2) is 7.84. The van der Waals surface area contributed by atoms with Gasteiger partial charge in [-0.1, -0.05) is 64.1 Å². The molecule has 0 atom stereocenters. The topological polar surface area (TPSA) is 43.9 Å². The zero-order chi connectivity index (χ0) is 23.4. The van der Waals surface area contributed by atoms with Gasteiger partial charge in [-0.2, -0.15) is 0 Å². The highest BCUT2D eigenvalue weighted by Gasteiger charge is 2.22. The van der Waals surface area contributed by atoms with E-state index >= 15 is 0 Å². The van der Waals surface area contributed by atoms with Gasteiger partial charge >= 0.3 is 0 Å². The molecule has 4 heteroatoms. The van der Waals surface area contributed by atoms with E-state index in [4.69, 9.17) is 9.40 Å². The maximum atomic E-state index is 6.18. The van der Waals surface area contributed by atoms with E-state index in [2.05, 4.69) is 97.9 Å². The van der Waals surface area contributed by atoms with Crippen LogP contribution >= 0.6 is 0 Å². The van der Waals surface area contributed by atoms with Crippen molar-refractivity contribution in [2.45, 2.75) is 39.5 Å². The van der Waals surface area contributed by atoms with E-state index in [-0.39, 0.29) is 0 Å². The quantitative estimate of drug-likeness (QED) is 0.274. The molecule has 0 spiro atoms. The number of benzene rings is 3. The Morgan fingerprint density at radius 3 is 2.29 bits per heavy atom. The minimum Gasteiger partial charge on any atom is -0.456 e. The largest absolute Gasteiger partial charge is 0.456 e. The Hall–Kier alpha value is -3.92. The number of furan rings is 1. The monoisotopic (exact) mass is 445 g/mol. The van der Waals surface area contributed by atoms with Crippen LogP contribution in [-0.4, -0.2) is 14.5 Å². The third-order valence-corrected chi connectivity index (χ3v) is 6.66. The highest BCUT2D eigenvalue weighted by molar-refractivity contribution is 6.05. The van der Waals surface area contributed by atoms with E-state index in [0.29, 0.717) is 11.8 Å². The van der Waals surface area contributed by atoms with Crippen LogP contribution in [-0.2, 0) is 0 Å². The lowest BCUT2D eigenvalue weighted by atomic mass is 9.92. The van der Waals surface area contributed by atoms with E-state index in [9.17, 15) is 0 Å². The number of nitrogens with zero attached hydrogens (tertiary/aromatic N) is 3. The van der Waals surface area contributed by atoms with E-state index in [1.165, 1.54) is 16.8 Å². The molecule has 0 aliphatic carbocycles. The first kappa shape index (κ1) is 20.7. The van der Waals surface area contributed by atoms with Gasteiger partial charge in [-0.05, 0) is 53.3 Å². The highest BCUT2D eigenvalue weighted by atomic mass is 16.3. The summed E-state index contributed by atoms with van der Waals surface area (Å²) in [5.41, 5.74) is 8.72. The van der Waals surface area contributed by atoms with Crippen molar-refractivity contribution in [3.63, 3.8) is 0 Å². The first-order chi connectivity index (χ1) is 16.5. The first-order valence-corrected chi connectivity index (χ1v) is 11.9. The van der Waals surface area contributed by atoms with Crippen molar-refractivity contribution in [1.82, 2.24) is 14.5 Å². The second-order valence-electron chi connectivity index (χ2n) is 9.54. The molecule has 0 N–H and O–H groups in total. The second-order valence-corrected chi connectivity index (χ2v) is 9.54. The van der Waals surface area contributed by atoms with Crippen molar-refractivity contribution in [2.24, 2.45) is 0 Å². The molecule has 0 aliphatic heterocycles. The fourth-order valence-electron chi connectivity index (χ4n) is 4.98. The maximum Gasteiger partial charge on any atom is 0.145 e. The molecular weight excluding hydrogens is 418 g/mol. The van der Waals surface area contributed by atoms with Crippen molar-refractivity contribution < 1.29 is 4.42 Å². The van der Waals surface area contributed by atoms with E-state index in [0.717, 1.165) is 44.4 Å². The van der Waals surface area contributed by atoms with Gasteiger partial charge < -0.3 is 4.42 Å². The van der Waals surface area contributed by atoms with Gasteiger partial charge in [-0.15, -0.1) is 0 Å². The first-order valence-electron chi connectivity index (χ1n) is 11.9. The predicted octanol–water partition coefficient (Wildman–Crippen LogP) is 8.23. The van der Waals surface area contributed by atoms with E-state index < -0.39 is 0 Å². The van der Waals surface area contributed by atoms with Gasteiger partial charge in [-0.3, -0.25) is 9.55 Å². The average molecular weight is 446 g/mol. The standard InChI is InChI=1S/C30H27N3O/c1-18(2)21-8-7-9-22(19(3)4)29(21)33-26-11-6-5-10-25(26)32-30(33)20-12-13-23-24-17-31-15-14-27(24)34-28(23)16-20/h5-19H,1-4H3. The van der Waals surface area contributed by atoms with Crippen molar-refractivity contribution in [2.75, 3.05) is 0 Å². The number of hydrogen-bond donors (Lipinski definition) is 0. The molecule has 0 aliphatic rings. The molecule has 0 bridgehead atoms. The maximum absolute atomic E-state index is 6.18. The summed E-state index contributed by atoms with van der Waals surface area (Å²) in [4.78, 5) is 9.40. The Labute approximate surface area is 198 Å². The number of hydrogen-bond acceptors (Lipinski definition) is 3. The van der Waals surface area contributed by atoms with Crippen molar-refractivity contribution in [1.29, 1.82) is 0 Å². The molecule has 4 nitrogen and oxygen atoms in total. The van der Waals surface area contributed by atoms with Gasteiger partial charge in [0, 0.05) is 28.7 Å². The Kier molecular flexibility index (Phi) is 4.77. The Balaban J connectivity index is 1.69. The molecule has 0 amide bonds. The van der Waals surface area contributed by atoms with Crippen molar-refractivity contribution in [3.05, 3.63) is 90.3 Å². The fourth-order valence-corrected chi connectivity index (χ4v) is 4.98. The molecule has 0 radical (unpaired) electrons. The third kappa shape index (κ3) is 3.13. The molecule has 0 saturated carbocycles. The van der Waals surface area contributed by atoms with Crippen LogP contribution in [0.5, 0.6) is 0 Å². The smallest absolute Gasteiger partial charge is 0.145 e. The SMILES string of the molecule is CC(C)c1cccc(C(C)C)c1-n1c(-c2ccc3c(c2)oc2ccncc23)nc2ccccc21. The Morgan fingerprint density at radius 2 is 1.53 bits per heavy atom. The molecule has 34 heavy (non-hydrogen) atoms. The van der Waals surface area contributed by atoms with E-state index in [1.807, 2.05) is 12.3 Å². The molecule has 6 rings (SSSR count). The summed E-state index contributed by atoms with van der Waals surface area (Å²) in [6.07, 6.45) is 3.63. The van der Waals surface area contributed by atoms with Crippen LogP contribution in [0.3, 0.4) is 0 Å². The summed E-state index contributed by atoms with van der Waals surface area (Å²) in [7, 11) is 0. The molecular formula is C30H27N3O. The van der Waals surface area contributed by atoms with Gasteiger partial charge in [0.2, 0.25) is 0 Å². The van der Waals surface area contributed by atoms with Crippen molar-refractivity contribution in [3.8, 4) is 17.1 Å². The van der Waals surface area contributed by atoms with Gasteiger partial charge in [0.1, 0.15) is 17.0 Å². The lowest BCUT2D eigenvalue weighted by Gasteiger charge is -2.22. The highest BCUT2D eigenvalue weighted by Crippen LogP contribution is 2.38. The zero-order valence-corrected chi connectivity index (χ0v) is 19.9. The van der Waals surface area contributed by atoms with Gasteiger partial charge in [-0.25, -0.2) is 4.98 Å². The van der Waals surface area contributed by atoms with Gasteiger partial charge in [0.25, 0.3) is 0 Å². The number of fused-ring (bicyclic) bond motifs is 4. The summed E-state index contributed by atoms with van der Waals surface area (Å²) >= 11 is 0. The molecule has 3 aromatic carbocycles. The van der Waals surface area contributed by atoms with Crippen LogP contribution in [0, 0.1) is 0 Å². The summed E-state index contributed by atoms with van der Waals surface area (Å²) < 4.78 is 8.53. The summed E-state index contributed by atoms with van der Waals surface area (Å²) in [5, 5.41) is 2.10. The zero-order valence-electron chi connectivity index (χ0n) is 19.9. The summed E-state index contributed by atoms with van der Waals surface area (Å²) in [6.45, 7) is 9.04. The Morgan fingerprint density at radius 1 is 0.765 bits per heavy atom. The number of pyridine rings is 1. The van der Waals surface area contributed by atoms with Gasteiger partial charge in [0.05, 0.1) is 16.7 Å². The van der Waals surface area contributed by atoms with Crippen LogP contribution in [0.2, 0.25) is 0 Å². The molecule has 3 aromatic heterocycles. The third-order valence-electron chi connectivity index (χ3n) is 6.66. The molecule has 0 fully saturated rings. The molecule has 3 heterocycles. The lowest BCUT2D eigenvalue weighted by molar-refractivity contribution is 0.668. The number of aromatic nitrogens is 3. The minimum absolute atomic E-state index is 0.382. The number of para-hydroxylation sites is 3. The molecule has 0 unspecified atom stereocenters. The average Bonchev–Trinajstić information content (AvgIpc) is 3.41. The normalized spacial score (nSPS) is 12.1. The predicted molar refractivity (Wildman–Crippen MR) is 140 cm³/mol. The molecule has 0 saturated heterocycles. The number of imidazole rings is 1. The van der Waals surface area contributed by atoms with Crippen LogP contribution in [0.1, 0.15) is 50.7 Å². The summed E-state index contributed by atoms with van der Waals surface area (Å²) in [5.74, 6) is 1.69. The molecule has 6 aromatic rings. The fraction of sp³-hybridized carbons (Fsp3) is 0.200. The minimum atomic E-state index is 0.382. The van der Waals surface area contributed by atoms with Crippen LogP contribution in [0.25, 0.3) is 50.0 Å². The molecule has 168 valence electrons.